The summed E-state index contributed by atoms with van der Waals surface area (Å²) in [6, 6.07) is 5.38. The van der Waals surface area contributed by atoms with Crippen LogP contribution in [0.15, 0.2) is 40.9 Å². The minimum Gasteiger partial charge on any atom is -0.350 e. The zero-order chi connectivity index (χ0) is 23.6. The molecule has 0 aliphatic carbocycles. The molecule has 1 aliphatic heterocycles. The van der Waals surface area contributed by atoms with Crippen molar-refractivity contribution in [1.29, 1.82) is 0 Å². The first-order valence-electron chi connectivity index (χ1n) is 10.8. The van der Waals surface area contributed by atoms with Gasteiger partial charge in [-0.2, -0.15) is 4.31 Å². The number of carbonyl (C=O) groups excluding carboxylic acids is 2. The zero-order valence-electron chi connectivity index (χ0n) is 18.7. The Bertz CT molecular complexity index is 1240. The molecule has 2 aromatic heterocycles. The van der Waals surface area contributed by atoms with Crippen molar-refractivity contribution in [1.82, 2.24) is 23.9 Å². The molecule has 0 radical (unpaired) electrons. The zero-order valence-corrected chi connectivity index (χ0v) is 20.3. The van der Waals surface area contributed by atoms with Gasteiger partial charge in [0.2, 0.25) is 21.8 Å². The summed E-state index contributed by atoms with van der Waals surface area (Å²) in [7, 11) is -3.61. The van der Waals surface area contributed by atoms with Crippen LogP contribution < -0.4 is 5.32 Å². The van der Waals surface area contributed by atoms with Gasteiger partial charge < -0.3 is 10.2 Å². The molecule has 2 amide bonds. The maximum atomic E-state index is 13.0. The fraction of sp³-hybridized carbons (Fsp3) is 0.409. The average Bonchev–Trinajstić information content (AvgIpc) is 3.39. The fourth-order valence-corrected chi connectivity index (χ4v) is 6.27. The number of nitrogens with zero attached hydrogens (tertiary/aromatic N) is 4. The smallest absolute Gasteiger partial charge is 0.243 e. The largest absolute Gasteiger partial charge is 0.350 e. The number of fused-ring (bicyclic) bond motifs is 1. The lowest BCUT2D eigenvalue weighted by Crippen LogP contribution is -2.50. The molecule has 0 saturated carbocycles. The summed E-state index contributed by atoms with van der Waals surface area (Å²) in [5, 5.41) is 4.73. The number of thiazole rings is 1. The van der Waals surface area contributed by atoms with Crippen molar-refractivity contribution in [2.24, 2.45) is 0 Å². The number of imidazole rings is 1. The third kappa shape index (κ3) is 5.26. The number of benzene rings is 1. The number of amides is 2. The van der Waals surface area contributed by atoms with Crippen molar-refractivity contribution in [3.8, 4) is 0 Å². The van der Waals surface area contributed by atoms with Gasteiger partial charge in [-0.3, -0.25) is 14.0 Å². The molecule has 0 bridgehead atoms. The van der Waals surface area contributed by atoms with Gasteiger partial charge in [0.05, 0.1) is 17.1 Å². The van der Waals surface area contributed by atoms with E-state index in [1.807, 2.05) is 41.2 Å². The molecule has 3 heterocycles. The molecular weight excluding hydrogens is 462 g/mol. The van der Waals surface area contributed by atoms with E-state index in [9.17, 15) is 18.0 Å². The van der Waals surface area contributed by atoms with Crippen molar-refractivity contribution >= 4 is 38.1 Å². The molecule has 1 aliphatic rings. The molecule has 0 unspecified atom stereocenters. The van der Waals surface area contributed by atoms with Crippen LogP contribution in [0.25, 0.3) is 4.96 Å². The molecule has 1 fully saturated rings. The molecule has 0 spiro atoms. The standard InChI is InChI=1S/C22H27N5O4S2/c1-16-3-4-17(2)19(13-16)33(30,31)27-9-7-25(8-10-27)21(29)6-5-20(28)23-14-18-15-26-11-12-32-22(26)24-18/h3-4,11-13,15H,5-10,14H2,1-2H3,(H,23,28). The van der Waals surface area contributed by atoms with E-state index in [2.05, 4.69) is 10.3 Å². The van der Waals surface area contributed by atoms with Gasteiger partial charge in [-0.1, -0.05) is 12.1 Å². The van der Waals surface area contributed by atoms with Crippen molar-refractivity contribution in [3.05, 3.63) is 52.8 Å². The van der Waals surface area contributed by atoms with Crippen LogP contribution in [0.3, 0.4) is 0 Å². The molecule has 3 aromatic rings. The van der Waals surface area contributed by atoms with Gasteiger partial charge in [0.25, 0.3) is 0 Å². The van der Waals surface area contributed by atoms with Crippen molar-refractivity contribution < 1.29 is 18.0 Å². The van der Waals surface area contributed by atoms with E-state index in [-0.39, 0.29) is 37.7 Å². The number of nitrogens with one attached hydrogen (secondary N) is 1. The second kappa shape index (κ2) is 9.62. The molecule has 1 N–H and O–H groups in total. The van der Waals surface area contributed by atoms with E-state index in [0.29, 0.717) is 30.1 Å². The summed E-state index contributed by atoms with van der Waals surface area (Å²) in [5.41, 5.74) is 2.36. The topological polar surface area (TPSA) is 104 Å². The molecule has 176 valence electrons. The van der Waals surface area contributed by atoms with Crippen LogP contribution in [-0.4, -0.2) is 65.0 Å². The van der Waals surface area contributed by atoms with Crippen LogP contribution in [0.4, 0.5) is 0 Å². The summed E-state index contributed by atoms with van der Waals surface area (Å²) in [4.78, 5) is 31.9. The van der Waals surface area contributed by atoms with Gasteiger partial charge in [-0.25, -0.2) is 13.4 Å². The van der Waals surface area contributed by atoms with Crippen molar-refractivity contribution in [2.45, 2.75) is 38.1 Å². The summed E-state index contributed by atoms with van der Waals surface area (Å²) < 4.78 is 29.4. The predicted octanol–water partition coefficient (Wildman–Crippen LogP) is 1.94. The lowest BCUT2D eigenvalue weighted by atomic mass is 10.2. The Morgan fingerprint density at radius 3 is 2.61 bits per heavy atom. The van der Waals surface area contributed by atoms with Crippen LogP contribution in [-0.2, 0) is 26.2 Å². The number of carbonyl (C=O) groups is 2. The molecule has 1 aromatic carbocycles. The Morgan fingerprint density at radius 2 is 1.88 bits per heavy atom. The molecule has 4 rings (SSSR count). The summed E-state index contributed by atoms with van der Waals surface area (Å²) in [6.45, 7) is 5.08. The Labute approximate surface area is 197 Å². The lowest BCUT2D eigenvalue weighted by molar-refractivity contribution is -0.134. The maximum absolute atomic E-state index is 13.0. The number of rotatable bonds is 7. The third-order valence-corrected chi connectivity index (χ3v) is 8.54. The summed E-state index contributed by atoms with van der Waals surface area (Å²) in [5.74, 6) is -0.354. The first-order chi connectivity index (χ1) is 15.7. The Morgan fingerprint density at radius 1 is 1.12 bits per heavy atom. The van der Waals surface area contributed by atoms with E-state index in [4.69, 9.17) is 0 Å². The van der Waals surface area contributed by atoms with Gasteiger partial charge in [0, 0.05) is 56.8 Å². The number of hydrogen-bond donors (Lipinski definition) is 1. The quantitative estimate of drug-likeness (QED) is 0.546. The molecule has 9 nitrogen and oxygen atoms in total. The Kier molecular flexibility index (Phi) is 6.82. The summed E-state index contributed by atoms with van der Waals surface area (Å²) in [6.07, 6.45) is 3.95. The fourth-order valence-electron chi connectivity index (χ4n) is 3.82. The van der Waals surface area contributed by atoms with Crippen molar-refractivity contribution in [3.63, 3.8) is 0 Å². The molecule has 11 heteroatoms. The van der Waals surface area contributed by atoms with E-state index in [0.717, 1.165) is 16.2 Å². The number of sulfonamides is 1. The number of hydrogen-bond acceptors (Lipinski definition) is 6. The second-order valence-corrected chi connectivity index (χ2v) is 10.9. The van der Waals surface area contributed by atoms with Gasteiger partial charge in [0.1, 0.15) is 0 Å². The van der Waals surface area contributed by atoms with E-state index >= 15 is 0 Å². The third-order valence-electron chi connectivity index (χ3n) is 5.73. The highest BCUT2D eigenvalue weighted by Gasteiger charge is 2.31. The minimum atomic E-state index is -3.61. The first-order valence-corrected chi connectivity index (χ1v) is 13.1. The van der Waals surface area contributed by atoms with Crippen LogP contribution in [0.1, 0.15) is 29.7 Å². The van der Waals surface area contributed by atoms with Gasteiger partial charge in [-0.15, -0.1) is 11.3 Å². The molecule has 1 saturated heterocycles. The first kappa shape index (κ1) is 23.4. The SMILES string of the molecule is Cc1ccc(C)c(S(=O)(=O)N2CCN(C(=O)CCC(=O)NCc3cn4ccsc4n3)CC2)c1. The van der Waals surface area contributed by atoms with Crippen LogP contribution in [0.2, 0.25) is 0 Å². The second-order valence-electron chi connectivity index (χ2n) is 8.16. The van der Waals surface area contributed by atoms with Gasteiger partial charge in [0.15, 0.2) is 4.96 Å². The average molecular weight is 490 g/mol. The normalized spacial score (nSPS) is 15.2. The monoisotopic (exact) mass is 489 g/mol. The van der Waals surface area contributed by atoms with Gasteiger partial charge in [-0.05, 0) is 31.0 Å². The highest BCUT2D eigenvalue weighted by atomic mass is 32.2. The maximum Gasteiger partial charge on any atom is 0.243 e. The lowest BCUT2D eigenvalue weighted by Gasteiger charge is -2.34. The highest BCUT2D eigenvalue weighted by Crippen LogP contribution is 2.22. The Balaban J connectivity index is 1.23. The van der Waals surface area contributed by atoms with E-state index in [1.165, 1.54) is 15.6 Å². The van der Waals surface area contributed by atoms with Gasteiger partial charge >= 0.3 is 0 Å². The van der Waals surface area contributed by atoms with E-state index < -0.39 is 10.0 Å². The molecule has 0 atom stereocenters. The predicted molar refractivity (Wildman–Crippen MR) is 125 cm³/mol. The summed E-state index contributed by atoms with van der Waals surface area (Å²) >= 11 is 1.52. The van der Waals surface area contributed by atoms with Crippen LogP contribution in [0, 0.1) is 13.8 Å². The molecular formula is C22H27N5O4S2. The number of aromatic nitrogens is 2. The Hall–Kier alpha value is -2.76. The minimum absolute atomic E-state index is 0.0854. The number of aryl methyl sites for hydroxylation is 2. The van der Waals surface area contributed by atoms with Crippen LogP contribution >= 0.6 is 11.3 Å². The van der Waals surface area contributed by atoms with E-state index in [1.54, 1.807) is 17.9 Å². The van der Waals surface area contributed by atoms with Crippen LogP contribution in [0.5, 0.6) is 0 Å². The number of piperazine rings is 1. The van der Waals surface area contributed by atoms with Crippen molar-refractivity contribution in [2.75, 3.05) is 26.2 Å². The molecule has 33 heavy (non-hydrogen) atoms. The highest BCUT2D eigenvalue weighted by molar-refractivity contribution is 7.89.